The molecule has 0 spiro atoms. The van der Waals surface area contributed by atoms with Gasteiger partial charge in [0.1, 0.15) is 0 Å². The molecule has 0 aliphatic carbocycles. The Balaban J connectivity index is 2.29. The average molecular weight is 348 g/mol. The van der Waals surface area contributed by atoms with Crippen molar-refractivity contribution in [3.8, 4) is 22.3 Å². The van der Waals surface area contributed by atoms with Crippen LogP contribution in [0.25, 0.3) is 22.3 Å². The van der Waals surface area contributed by atoms with Gasteiger partial charge < -0.3 is 4.74 Å². The number of ether oxygens (including phenoxy) is 1. The molecule has 0 saturated carbocycles. The molecule has 0 aliphatic heterocycles. The molecule has 0 unspecified atom stereocenters. The van der Waals surface area contributed by atoms with Crippen molar-refractivity contribution in [2.24, 2.45) is 0 Å². The molecule has 1 aromatic heterocycles. The van der Waals surface area contributed by atoms with Crippen LogP contribution in [0.2, 0.25) is 0 Å². The number of nitro groups is 1. The lowest BCUT2D eigenvalue weighted by Gasteiger charge is -2.12. The predicted molar refractivity (Wildman–Crippen MR) is 97.7 cm³/mol. The fourth-order valence-corrected chi connectivity index (χ4v) is 2.73. The maximum absolute atomic E-state index is 12.5. The Morgan fingerprint density at radius 1 is 1.08 bits per heavy atom. The first-order valence-electron chi connectivity index (χ1n) is 8.07. The molecule has 6 heteroatoms. The monoisotopic (exact) mass is 348 g/mol. The van der Waals surface area contributed by atoms with Gasteiger partial charge in [-0.2, -0.15) is 0 Å². The minimum absolute atomic E-state index is 0.0927. The summed E-state index contributed by atoms with van der Waals surface area (Å²) in [6.45, 7) is 1.93. The molecule has 0 atom stereocenters. The van der Waals surface area contributed by atoms with Gasteiger partial charge in [0.2, 0.25) is 0 Å². The maximum atomic E-state index is 12.5. The lowest BCUT2D eigenvalue weighted by atomic mass is 9.94. The Labute approximate surface area is 150 Å². The number of rotatable bonds is 5. The van der Waals surface area contributed by atoms with Crippen LogP contribution in [0, 0.1) is 10.1 Å². The van der Waals surface area contributed by atoms with Crippen LogP contribution in [0.5, 0.6) is 0 Å². The highest BCUT2D eigenvalue weighted by atomic mass is 16.6. The van der Waals surface area contributed by atoms with Crippen LogP contribution in [-0.2, 0) is 4.74 Å². The number of hydrogen-bond acceptors (Lipinski definition) is 5. The second-order valence-electron chi connectivity index (χ2n) is 5.50. The second kappa shape index (κ2) is 7.57. The maximum Gasteiger partial charge on any atom is 0.338 e. The number of carbonyl (C=O) groups is 1. The first-order chi connectivity index (χ1) is 12.6. The zero-order chi connectivity index (χ0) is 18.5. The molecule has 0 saturated heterocycles. The third-order valence-electron chi connectivity index (χ3n) is 3.89. The van der Waals surface area contributed by atoms with Crippen LogP contribution >= 0.6 is 0 Å². The van der Waals surface area contributed by atoms with Crippen LogP contribution in [0.15, 0.2) is 67.0 Å². The van der Waals surface area contributed by atoms with Crippen molar-refractivity contribution in [1.82, 2.24) is 4.98 Å². The molecule has 0 radical (unpaired) electrons. The van der Waals surface area contributed by atoms with Gasteiger partial charge in [0.05, 0.1) is 22.7 Å². The highest BCUT2D eigenvalue weighted by molar-refractivity contribution is 6.00. The van der Waals surface area contributed by atoms with Gasteiger partial charge in [-0.05, 0) is 24.6 Å². The molecule has 0 aliphatic rings. The van der Waals surface area contributed by atoms with E-state index < -0.39 is 10.9 Å². The average Bonchev–Trinajstić information content (AvgIpc) is 2.68. The second-order valence-corrected chi connectivity index (χ2v) is 5.50. The van der Waals surface area contributed by atoms with E-state index in [2.05, 4.69) is 4.98 Å². The van der Waals surface area contributed by atoms with Gasteiger partial charge in [-0.25, -0.2) is 4.79 Å². The Bertz CT molecular complexity index is 941. The molecule has 0 N–H and O–H groups in total. The van der Waals surface area contributed by atoms with E-state index in [4.69, 9.17) is 4.74 Å². The summed E-state index contributed by atoms with van der Waals surface area (Å²) in [7, 11) is 0. The van der Waals surface area contributed by atoms with E-state index in [9.17, 15) is 14.9 Å². The summed E-state index contributed by atoms with van der Waals surface area (Å²) in [5.74, 6) is -0.522. The van der Waals surface area contributed by atoms with Crippen LogP contribution in [0.1, 0.15) is 17.3 Å². The molecule has 3 aromatic rings. The topological polar surface area (TPSA) is 82.3 Å². The summed E-state index contributed by atoms with van der Waals surface area (Å²) in [6.07, 6.45) is 3.11. The minimum Gasteiger partial charge on any atom is -0.462 e. The summed E-state index contributed by atoms with van der Waals surface area (Å²) in [5.41, 5.74) is 2.24. The number of hydrogen-bond donors (Lipinski definition) is 0. The fourth-order valence-electron chi connectivity index (χ4n) is 2.73. The van der Waals surface area contributed by atoms with Crippen molar-refractivity contribution >= 4 is 11.7 Å². The van der Waals surface area contributed by atoms with Gasteiger partial charge in [0.15, 0.2) is 0 Å². The summed E-state index contributed by atoms with van der Waals surface area (Å²) >= 11 is 0. The Kier molecular flexibility index (Phi) is 5.03. The molecule has 130 valence electrons. The van der Waals surface area contributed by atoms with Crippen molar-refractivity contribution in [2.75, 3.05) is 6.61 Å². The Morgan fingerprint density at radius 2 is 1.81 bits per heavy atom. The van der Waals surface area contributed by atoms with Gasteiger partial charge in [0, 0.05) is 29.6 Å². The van der Waals surface area contributed by atoms with Crippen molar-refractivity contribution in [1.29, 1.82) is 0 Å². The highest BCUT2D eigenvalue weighted by Crippen LogP contribution is 2.36. The van der Waals surface area contributed by atoms with Gasteiger partial charge in [0.25, 0.3) is 5.69 Å². The number of esters is 1. The number of benzene rings is 2. The van der Waals surface area contributed by atoms with Crippen LogP contribution < -0.4 is 0 Å². The predicted octanol–water partition coefficient (Wildman–Crippen LogP) is 4.50. The van der Waals surface area contributed by atoms with E-state index in [0.717, 1.165) is 0 Å². The quantitative estimate of drug-likeness (QED) is 0.385. The fraction of sp³-hybridized carbons (Fsp3) is 0.100. The molecular weight excluding hydrogens is 332 g/mol. The lowest BCUT2D eigenvalue weighted by molar-refractivity contribution is -0.384. The van der Waals surface area contributed by atoms with E-state index >= 15 is 0 Å². The highest BCUT2D eigenvalue weighted by Gasteiger charge is 2.24. The molecule has 0 bridgehead atoms. The van der Waals surface area contributed by atoms with Crippen molar-refractivity contribution in [3.05, 3.63) is 82.7 Å². The number of nitro benzene ring substituents is 1. The normalized spacial score (nSPS) is 10.3. The first-order valence-corrected chi connectivity index (χ1v) is 8.07. The first kappa shape index (κ1) is 17.3. The van der Waals surface area contributed by atoms with Crippen molar-refractivity contribution < 1.29 is 14.5 Å². The lowest BCUT2D eigenvalue weighted by Crippen LogP contribution is -2.08. The number of pyridine rings is 1. The van der Waals surface area contributed by atoms with E-state index in [1.807, 2.05) is 18.2 Å². The Hall–Kier alpha value is -3.54. The number of carbonyl (C=O) groups excluding carboxylic acids is 1. The third-order valence-corrected chi connectivity index (χ3v) is 3.89. The van der Waals surface area contributed by atoms with Crippen molar-refractivity contribution in [2.45, 2.75) is 6.92 Å². The standard InChI is InChI=1S/C20H16N2O4/c1-2-26-20(23)18-11-17(15-9-6-10-21-13-15)19(22(24)25)12-16(18)14-7-4-3-5-8-14/h3-13H,2H2,1H3. The zero-order valence-corrected chi connectivity index (χ0v) is 14.1. The number of nitrogens with zero attached hydrogens (tertiary/aromatic N) is 2. The van der Waals surface area contributed by atoms with Gasteiger partial charge >= 0.3 is 5.97 Å². The summed E-state index contributed by atoms with van der Waals surface area (Å²) < 4.78 is 5.16. The van der Waals surface area contributed by atoms with E-state index in [1.165, 1.54) is 18.3 Å². The summed E-state index contributed by atoms with van der Waals surface area (Å²) in [6, 6.07) is 15.4. The minimum atomic E-state index is -0.522. The van der Waals surface area contributed by atoms with E-state index in [-0.39, 0.29) is 17.9 Å². The zero-order valence-electron chi connectivity index (χ0n) is 14.1. The van der Waals surface area contributed by atoms with Gasteiger partial charge in [-0.15, -0.1) is 0 Å². The largest absolute Gasteiger partial charge is 0.462 e. The van der Waals surface area contributed by atoms with Crippen LogP contribution in [0.3, 0.4) is 0 Å². The SMILES string of the molecule is CCOC(=O)c1cc(-c2cccnc2)c([N+](=O)[O-])cc1-c1ccccc1. The smallest absolute Gasteiger partial charge is 0.338 e. The molecule has 1 heterocycles. The van der Waals surface area contributed by atoms with E-state index in [1.54, 1.807) is 37.4 Å². The molecular formula is C20H16N2O4. The van der Waals surface area contributed by atoms with Gasteiger partial charge in [-0.1, -0.05) is 36.4 Å². The molecule has 2 aromatic carbocycles. The molecule has 3 rings (SSSR count). The Morgan fingerprint density at radius 3 is 2.42 bits per heavy atom. The van der Waals surface area contributed by atoms with Gasteiger partial charge in [-0.3, -0.25) is 15.1 Å². The van der Waals surface area contributed by atoms with Crippen LogP contribution in [0.4, 0.5) is 5.69 Å². The molecule has 6 nitrogen and oxygen atoms in total. The van der Waals surface area contributed by atoms with Crippen molar-refractivity contribution in [3.63, 3.8) is 0 Å². The van der Waals surface area contributed by atoms with E-state index in [0.29, 0.717) is 22.3 Å². The summed E-state index contributed by atoms with van der Waals surface area (Å²) in [5, 5.41) is 11.7. The molecule has 0 fully saturated rings. The third kappa shape index (κ3) is 3.44. The summed E-state index contributed by atoms with van der Waals surface area (Å²) in [4.78, 5) is 27.7. The van der Waals surface area contributed by atoms with Crippen LogP contribution in [-0.4, -0.2) is 22.5 Å². The molecule has 0 amide bonds. The number of aromatic nitrogens is 1. The molecule has 26 heavy (non-hydrogen) atoms.